The van der Waals surface area contributed by atoms with Crippen LogP contribution in [-0.2, 0) is 0 Å². The standard InChI is InChI=1S/C10H14BrNO3/c1-7-9(11)2-3-10(12-7)15-6-8(4-13)5-14/h2-3,8,13-14H,4-6H2,1H3. The molecule has 2 N–H and O–H groups in total. The van der Waals surface area contributed by atoms with E-state index in [-0.39, 0.29) is 25.7 Å². The third-order valence-corrected chi connectivity index (χ3v) is 2.82. The fraction of sp³-hybridized carbons (Fsp3) is 0.500. The number of rotatable bonds is 5. The van der Waals surface area contributed by atoms with Crippen molar-refractivity contribution in [1.82, 2.24) is 4.98 Å². The van der Waals surface area contributed by atoms with Gasteiger partial charge in [-0.2, -0.15) is 0 Å². The lowest BCUT2D eigenvalue weighted by atomic mass is 10.2. The quantitative estimate of drug-likeness (QED) is 0.846. The fourth-order valence-electron chi connectivity index (χ4n) is 0.968. The number of pyridine rings is 1. The smallest absolute Gasteiger partial charge is 0.213 e. The molecule has 0 amide bonds. The van der Waals surface area contributed by atoms with Gasteiger partial charge in [0, 0.05) is 16.5 Å². The molecule has 0 unspecified atom stereocenters. The molecular formula is C10H14BrNO3. The fourth-order valence-corrected chi connectivity index (χ4v) is 1.19. The molecule has 0 aromatic carbocycles. The van der Waals surface area contributed by atoms with Gasteiger partial charge in [-0.3, -0.25) is 0 Å². The number of nitrogens with zero attached hydrogens (tertiary/aromatic N) is 1. The molecule has 5 heteroatoms. The maximum atomic E-state index is 8.83. The number of halogens is 1. The largest absolute Gasteiger partial charge is 0.477 e. The van der Waals surface area contributed by atoms with Crippen LogP contribution in [0.1, 0.15) is 5.69 Å². The van der Waals surface area contributed by atoms with Crippen LogP contribution < -0.4 is 4.74 Å². The summed E-state index contributed by atoms with van der Waals surface area (Å²) in [5, 5.41) is 17.7. The number of hydrogen-bond donors (Lipinski definition) is 2. The van der Waals surface area contributed by atoms with Crippen molar-refractivity contribution in [3.8, 4) is 5.88 Å². The molecule has 1 heterocycles. The van der Waals surface area contributed by atoms with E-state index < -0.39 is 0 Å². The summed E-state index contributed by atoms with van der Waals surface area (Å²) in [5.41, 5.74) is 0.844. The Morgan fingerprint density at radius 2 is 2.07 bits per heavy atom. The number of aryl methyl sites for hydroxylation is 1. The lowest BCUT2D eigenvalue weighted by molar-refractivity contribution is 0.104. The van der Waals surface area contributed by atoms with Gasteiger partial charge in [0.05, 0.1) is 25.5 Å². The van der Waals surface area contributed by atoms with E-state index in [9.17, 15) is 0 Å². The molecule has 1 aromatic heterocycles. The molecule has 1 rings (SSSR count). The van der Waals surface area contributed by atoms with Gasteiger partial charge in [-0.05, 0) is 28.9 Å². The van der Waals surface area contributed by atoms with Gasteiger partial charge in [0.25, 0.3) is 0 Å². The Balaban J connectivity index is 2.54. The molecule has 0 spiro atoms. The lowest BCUT2D eigenvalue weighted by Gasteiger charge is -2.12. The highest BCUT2D eigenvalue weighted by Crippen LogP contribution is 2.17. The van der Waals surface area contributed by atoms with E-state index in [4.69, 9.17) is 14.9 Å². The van der Waals surface area contributed by atoms with E-state index >= 15 is 0 Å². The Hall–Kier alpha value is -0.650. The van der Waals surface area contributed by atoms with Gasteiger partial charge in [0.15, 0.2) is 0 Å². The Kier molecular flexibility index (Phi) is 5.01. The summed E-state index contributed by atoms with van der Waals surface area (Å²) >= 11 is 3.34. The first-order valence-corrected chi connectivity index (χ1v) is 5.44. The minimum absolute atomic E-state index is 0.0913. The zero-order valence-electron chi connectivity index (χ0n) is 8.48. The maximum Gasteiger partial charge on any atom is 0.213 e. The van der Waals surface area contributed by atoms with Crippen molar-refractivity contribution in [2.45, 2.75) is 6.92 Å². The van der Waals surface area contributed by atoms with Crippen molar-refractivity contribution in [2.24, 2.45) is 5.92 Å². The SMILES string of the molecule is Cc1nc(OCC(CO)CO)ccc1Br. The van der Waals surface area contributed by atoms with Gasteiger partial charge < -0.3 is 14.9 Å². The first-order chi connectivity index (χ1) is 7.17. The average molecular weight is 276 g/mol. The molecular weight excluding hydrogens is 262 g/mol. The molecule has 0 fully saturated rings. The molecule has 0 bridgehead atoms. The normalized spacial score (nSPS) is 10.7. The molecule has 1 aromatic rings. The van der Waals surface area contributed by atoms with Gasteiger partial charge in [0.2, 0.25) is 5.88 Å². The molecule has 0 aliphatic rings. The van der Waals surface area contributed by atoms with Crippen molar-refractivity contribution in [3.63, 3.8) is 0 Å². The second kappa shape index (κ2) is 6.05. The molecule has 15 heavy (non-hydrogen) atoms. The van der Waals surface area contributed by atoms with Gasteiger partial charge >= 0.3 is 0 Å². The third kappa shape index (κ3) is 3.77. The number of hydrogen-bond acceptors (Lipinski definition) is 4. The Morgan fingerprint density at radius 1 is 1.40 bits per heavy atom. The molecule has 0 saturated heterocycles. The monoisotopic (exact) mass is 275 g/mol. The second-order valence-corrected chi connectivity index (χ2v) is 4.11. The summed E-state index contributed by atoms with van der Waals surface area (Å²) in [4.78, 5) is 4.18. The molecule has 0 aliphatic heterocycles. The van der Waals surface area contributed by atoms with Crippen LogP contribution in [0, 0.1) is 12.8 Å². The molecule has 0 atom stereocenters. The van der Waals surface area contributed by atoms with Crippen molar-refractivity contribution in [1.29, 1.82) is 0 Å². The zero-order chi connectivity index (χ0) is 11.3. The molecule has 4 nitrogen and oxygen atoms in total. The van der Waals surface area contributed by atoms with Crippen molar-refractivity contribution < 1.29 is 14.9 Å². The lowest BCUT2D eigenvalue weighted by Crippen LogP contribution is -2.20. The summed E-state index contributed by atoms with van der Waals surface area (Å²) in [6, 6.07) is 3.59. The number of aliphatic hydroxyl groups excluding tert-OH is 2. The van der Waals surface area contributed by atoms with Crippen molar-refractivity contribution in [2.75, 3.05) is 19.8 Å². The Morgan fingerprint density at radius 3 is 2.60 bits per heavy atom. The summed E-state index contributed by atoms with van der Waals surface area (Å²) in [6.45, 7) is 1.95. The first kappa shape index (κ1) is 12.4. The van der Waals surface area contributed by atoms with Crippen LogP contribution in [0.2, 0.25) is 0 Å². The van der Waals surface area contributed by atoms with Crippen LogP contribution in [0.4, 0.5) is 0 Å². The van der Waals surface area contributed by atoms with E-state index in [1.54, 1.807) is 6.07 Å². The molecule has 0 saturated carbocycles. The van der Waals surface area contributed by atoms with Crippen LogP contribution in [0.25, 0.3) is 0 Å². The topological polar surface area (TPSA) is 62.6 Å². The van der Waals surface area contributed by atoms with Crippen LogP contribution in [0.5, 0.6) is 5.88 Å². The Labute approximate surface area is 97.0 Å². The van der Waals surface area contributed by atoms with Gasteiger partial charge in [-0.15, -0.1) is 0 Å². The average Bonchev–Trinajstić information content (AvgIpc) is 2.24. The Bertz CT molecular complexity index is 316. The maximum absolute atomic E-state index is 8.83. The van der Waals surface area contributed by atoms with Crippen molar-refractivity contribution >= 4 is 15.9 Å². The second-order valence-electron chi connectivity index (χ2n) is 3.26. The van der Waals surface area contributed by atoms with Crippen LogP contribution in [0.3, 0.4) is 0 Å². The highest BCUT2D eigenvalue weighted by atomic mass is 79.9. The van der Waals surface area contributed by atoms with Gasteiger partial charge in [-0.25, -0.2) is 4.98 Å². The van der Waals surface area contributed by atoms with Gasteiger partial charge in [-0.1, -0.05) is 0 Å². The third-order valence-electron chi connectivity index (χ3n) is 1.98. The predicted octanol–water partition coefficient (Wildman–Crippen LogP) is 1.13. The summed E-state index contributed by atoms with van der Waals surface area (Å²) in [7, 11) is 0. The van der Waals surface area contributed by atoms with E-state index in [1.165, 1.54) is 0 Å². The van der Waals surface area contributed by atoms with Crippen LogP contribution in [0.15, 0.2) is 16.6 Å². The predicted molar refractivity (Wildman–Crippen MR) is 59.8 cm³/mol. The van der Waals surface area contributed by atoms with Gasteiger partial charge in [0.1, 0.15) is 0 Å². The number of aromatic nitrogens is 1. The highest BCUT2D eigenvalue weighted by molar-refractivity contribution is 9.10. The van der Waals surface area contributed by atoms with E-state index in [1.807, 2.05) is 13.0 Å². The minimum atomic E-state index is -0.254. The molecule has 0 aliphatic carbocycles. The first-order valence-electron chi connectivity index (χ1n) is 4.65. The molecule has 0 radical (unpaired) electrons. The van der Waals surface area contributed by atoms with Crippen LogP contribution >= 0.6 is 15.9 Å². The van der Waals surface area contributed by atoms with E-state index in [0.717, 1.165) is 10.2 Å². The minimum Gasteiger partial charge on any atom is -0.477 e. The summed E-state index contributed by atoms with van der Waals surface area (Å²) < 4.78 is 6.26. The zero-order valence-corrected chi connectivity index (χ0v) is 10.1. The molecule has 84 valence electrons. The summed E-state index contributed by atoms with van der Waals surface area (Å²) in [6.07, 6.45) is 0. The number of ether oxygens (including phenoxy) is 1. The van der Waals surface area contributed by atoms with Crippen molar-refractivity contribution in [3.05, 3.63) is 22.3 Å². The van der Waals surface area contributed by atoms with Crippen LogP contribution in [-0.4, -0.2) is 35.0 Å². The number of aliphatic hydroxyl groups is 2. The highest BCUT2D eigenvalue weighted by Gasteiger charge is 2.07. The van der Waals surface area contributed by atoms with E-state index in [2.05, 4.69) is 20.9 Å². The summed E-state index contributed by atoms with van der Waals surface area (Å²) in [5.74, 6) is 0.248. The van der Waals surface area contributed by atoms with E-state index in [0.29, 0.717) is 5.88 Å².